The number of aromatic nitrogens is 1. The van der Waals surface area contributed by atoms with E-state index in [2.05, 4.69) is 48.1 Å². The maximum absolute atomic E-state index is 12.5. The largest absolute Gasteiger partial charge is 0.480 e. The highest BCUT2D eigenvalue weighted by Crippen LogP contribution is 2.22. The predicted molar refractivity (Wildman–Crippen MR) is 193 cm³/mol. The monoisotopic (exact) mass is 645 g/mol. The molecule has 1 aromatic carbocycles. The van der Waals surface area contributed by atoms with Crippen molar-refractivity contribution in [1.82, 2.24) is 10.3 Å². The van der Waals surface area contributed by atoms with Crippen LogP contribution in [-0.2, 0) is 19.1 Å². The molecule has 0 saturated carbocycles. The molecule has 0 unspecified atom stereocenters. The summed E-state index contributed by atoms with van der Waals surface area (Å²) >= 11 is 0. The average molecular weight is 646 g/mol. The van der Waals surface area contributed by atoms with E-state index >= 15 is 0 Å². The van der Waals surface area contributed by atoms with E-state index in [1.54, 1.807) is 12.1 Å². The molecule has 0 spiro atoms. The van der Waals surface area contributed by atoms with E-state index in [0.717, 1.165) is 30.2 Å². The second kappa shape index (κ2) is 33.9. The van der Waals surface area contributed by atoms with Gasteiger partial charge in [-0.25, -0.2) is 4.98 Å². The van der Waals surface area contributed by atoms with E-state index in [4.69, 9.17) is 4.74 Å². The summed E-state index contributed by atoms with van der Waals surface area (Å²) in [6, 6.07) is 9.31. The van der Waals surface area contributed by atoms with Gasteiger partial charge in [0.2, 0.25) is 17.7 Å². The zero-order valence-corrected chi connectivity index (χ0v) is 30.5. The fraction of sp³-hybridized carbons (Fsp3) is 0.541. The summed E-state index contributed by atoms with van der Waals surface area (Å²) in [5.74, 6) is -0.329. The molecule has 0 aliphatic rings. The van der Waals surface area contributed by atoms with Gasteiger partial charge in [-0.3, -0.25) is 19.2 Å². The van der Waals surface area contributed by atoms with Crippen LogP contribution < -0.4 is 15.8 Å². The van der Waals surface area contributed by atoms with Crippen molar-refractivity contribution in [2.45, 2.75) is 120 Å². The SMILES string of the molecule is C=C/C=C\C.CC.CC(C)(C)OC=O.CC(N)=O.CCC.CCCCCCCC(=O)NCC(=O)c1cc2ccccc2nc1OC. The number of nitrogens with two attached hydrogens (primary N) is 1. The van der Waals surface area contributed by atoms with Crippen LogP contribution in [0.1, 0.15) is 125 Å². The first-order chi connectivity index (χ1) is 21.8. The van der Waals surface area contributed by atoms with Crippen LogP contribution in [0.5, 0.6) is 5.88 Å². The predicted octanol–water partition coefficient (Wildman–Crippen LogP) is 8.54. The van der Waals surface area contributed by atoms with Gasteiger partial charge in [-0.15, -0.1) is 0 Å². The van der Waals surface area contributed by atoms with Crippen LogP contribution in [0.25, 0.3) is 10.9 Å². The first kappa shape index (κ1) is 48.9. The summed E-state index contributed by atoms with van der Waals surface area (Å²) in [7, 11) is 1.49. The molecule has 0 aliphatic heterocycles. The molecule has 0 radical (unpaired) electrons. The molecule has 9 nitrogen and oxygen atoms in total. The summed E-state index contributed by atoms with van der Waals surface area (Å²) in [5.41, 5.74) is 5.32. The molecule has 0 bridgehead atoms. The Morgan fingerprint density at radius 2 is 1.57 bits per heavy atom. The van der Waals surface area contributed by atoms with Gasteiger partial charge in [0.25, 0.3) is 6.47 Å². The quantitative estimate of drug-likeness (QED) is 0.102. The van der Waals surface area contributed by atoms with Gasteiger partial charge >= 0.3 is 0 Å². The molecule has 3 N–H and O–H groups in total. The number of pyridine rings is 1. The Bertz CT molecular complexity index is 1100. The summed E-state index contributed by atoms with van der Waals surface area (Å²) in [6.07, 6.45) is 12.7. The van der Waals surface area contributed by atoms with Crippen molar-refractivity contribution in [2.24, 2.45) is 5.73 Å². The lowest BCUT2D eigenvalue weighted by Gasteiger charge is -2.14. The van der Waals surface area contributed by atoms with Crippen LogP contribution in [0.15, 0.2) is 55.1 Å². The molecule has 46 heavy (non-hydrogen) atoms. The Hall–Kier alpha value is -4.01. The van der Waals surface area contributed by atoms with Crippen LogP contribution in [-0.4, -0.2) is 48.3 Å². The zero-order valence-electron chi connectivity index (χ0n) is 30.5. The van der Waals surface area contributed by atoms with Gasteiger partial charge in [0.1, 0.15) is 5.60 Å². The fourth-order valence-corrected chi connectivity index (χ4v) is 2.99. The average Bonchev–Trinajstić information content (AvgIpc) is 3.00. The number of nitrogens with zero attached hydrogens (tertiary/aromatic N) is 1. The van der Waals surface area contributed by atoms with Gasteiger partial charge in [0.15, 0.2) is 5.78 Å². The standard InChI is InChI=1S/C20H26N2O3.C5H10O2.C5H8.C3H8.C2H5NO.C2H6/c1-3-4-5-6-7-12-19(24)21-14-18(23)16-13-15-10-8-9-11-17(15)22-20(16)25-2;1-5(2,3)7-4-6;1-3-5-4-2;1-3-2;1-2(3)4;1-2/h8-11,13H,3-7,12,14H2,1-2H3,(H,21,24);4H,1-3H3;3-5H,1H2,2H3;3H2,1-2H3;1H3,(H2,3,4);1-2H3/b;;5-4-;;;. The first-order valence-corrected chi connectivity index (χ1v) is 16.1. The number of methoxy groups -OCH3 is 1. The Kier molecular flexibility index (Phi) is 36.0. The number of unbranched alkanes of at least 4 members (excludes halogenated alkanes) is 4. The zero-order chi connectivity index (χ0) is 36.4. The minimum absolute atomic E-state index is 0.0375. The molecule has 262 valence electrons. The molecule has 0 atom stereocenters. The number of para-hydroxylation sites is 1. The number of primary amides is 1. The van der Waals surface area contributed by atoms with Gasteiger partial charge in [0, 0.05) is 18.7 Å². The molecular weight excluding hydrogens is 582 g/mol. The smallest absolute Gasteiger partial charge is 0.293 e. The lowest BCUT2D eigenvalue weighted by molar-refractivity contribution is -0.138. The van der Waals surface area contributed by atoms with Gasteiger partial charge in [-0.05, 0) is 46.2 Å². The first-order valence-electron chi connectivity index (χ1n) is 16.1. The lowest BCUT2D eigenvalue weighted by atomic mass is 10.1. The molecule has 1 heterocycles. The highest BCUT2D eigenvalue weighted by atomic mass is 16.5. The number of rotatable bonds is 12. The van der Waals surface area contributed by atoms with Crippen LogP contribution in [0.2, 0.25) is 0 Å². The van der Waals surface area contributed by atoms with Crippen LogP contribution in [0.3, 0.4) is 0 Å². The second-order valence-corrected chi connectivity index (χ2v) is 10.5. The third-order valence-electron chi connectivity index (χ3n) is 4.87. The topological polar surface area (TPSA) is 138 Å². The van der Waals surface area contributed by atoms with Crippen molar-refractivity contribution in [2.75, 3.05) is 13.7 Å². The van der Waals surface area contributed by atoms with Crippen LogP contribution in [0.4, 0.5) is 0 Å². The number of amides is 2. The Balaban J connectivity index is -0.000000342. The van der Waals surface area contributed by atoms with E-state index < -0.39 is 0 Å². The maximum atomic E-state index is 12.5. The van der Waals surface area contributed by atoms with E-state index in [0.29, 0.717) is 18.5 Å². The minimum Gasteiger partial charge on any atom is -0.480 e. The highest BCUT2D eigenvalue weighted by molar-refractivity contribution is 6.03. The van der Waals surface area contributed by atoms with E-state index in [1.807, 2.05) is 78.0 Å². The number of carbonyl (C=O) groups is 4. The van der Waals surface area contributed by atoms with Gasteiger partial charge in [0.05, 0.1) is 24.7 Å². The summed E-state index contributed by atoms with van der Waals surface area (Å²) in [5, 5.41) is 3.57. The van der Waals surface area contributed by atoms with E-state index in [9.17, 15) is 19.2 Å². The molecule has 0 saturated heterocycles. The Labute approximate surface area is 279 Å². The molecule has 0 fully saturated rings. The summed E-state index contributed by atoms with van der Waals surface area (Å²) < 4.78 is 9.79. The number of allylic oxidation sites excluding steroid dienone is 3. The molecule has 2 amide bonds. The number of ether oxygens (including phenoxy) is 2. The van der Waals surface area contributed by atoms with E-state index in [1.165, 1.54) is 33.3 Å². The molecular formula is C37H63N3O6. The Morgan fingerprint density at radius 3 is 1.98 bits per heavy atom. The van der Waals surface area contributed by atoms with Gasteiger partial charge in [-0.1, -0.05) is 110 Å². The molecule has 2 aromatic rings. The van der Waals surface area contributed by atoms with Crippen molar-refractivity contribution in [3.05, 3.63) is 60.7 Å². The second-order valence-electron chi connectivity index (χ2n) is 10.5. The molecule has 9 heteroatoms. The number of nitrogens with one attached hydrogen (secondary N) is 1. The number of fused-ring (bicyclic) bond motifs is 1. The fourth-order valence-electron chi connectivity index (χ4n) is 2.99. The molecule has 1 aromatic heterocycles. The van der Waals surface area contributed by atoms with Gasteiger partial charge < -0.3 is 20.5 Å². The van der Waals surface area contributed by atoms with E-state index in [-0.39, 0.29) is 35.6 Å². The normalized spacial score (nSPS) is 9.46. The van der Waals surface area contributed by atoms with Gasteiger partial charge in [-0.2, -0.15) is 0 Å². The van der Waals surface area contributed by atoms with Crippen molar-refractivity contribution in [1.29, 1.82) is 0 Å². The van der Waals surface area contributed by atoms with Crippen molar-refractivity contribution in [3.8, 4) is 5.88 Å². The third kappa shape index (κ3) is 32.9. The third-order valence-corrected chi connectivity index (χ3v) is 4.87. The lowest BCUT2D eigenvalue weighted by Crippen LogP contribution is -2.29. The number of Topliss-reactive ketones (excluding diaryl/α,β-unsaturated/α-hetero) is 1. The number of hydrogen-bond donors (Lipinski definition) is 2. The summed E-state index contributed by atoms with van der Waals surface area (Å²) in [6.45, 7) is 23.0. The van der Waals surface area contributed by atoms with Crippen molar-refractivity contribution >= 4 is 35.0 Å². The maximum Gasteiger partial charge on any atom is 0.293 e. The molecule has 0 aliphatic carbocycles. The summed E-state index contributed by atoms with van der Waals surface area (Å²) in [4.78, 5) is 47.5. The number of hydrogen-bond acceptors (Lipinski definition) is 7. The highest BCUT2D eigenvalue weighted by Gasteiger charge is 2.16. The van der Waals surface area contributed by atoms with Crippen LogP contribution >= 0.6 is 0 Å². The van der Waals surface area contributed by atoms with Crippen LogP contribution in [0, 0.1) is 0 Å². The number of benzene rings is 1. The van der Waals surface area contributed by atoms with Crippen molar-refractivity contribution < 1.29 is 28.7 Å². The molecule has 2 rings (SSSR count). The minimum atomic E-state index is -0.333. The number of ketones is 1. The van der Waals surface area contributed by atoms with Crippen molar-refractivity contribution in [3.63, 3.8) is 0 Å². The number of carbonyl (C=O) groups excluding carboxylic acids is 4. The Morgan fingerprint density at radius 1 is 1.02 bits per heavy atom.